The highest BCUT2D eigenvalue weighted by atomic mass is 15.5. The van der Waals surface area contributed by atoms with Crippen molar-refractivity contribution in [2.45, 2.75) is 19.9 Å². The first-order valence-corrected chi connectivity index (χ1v) is 2.88. The molecule has 0 spiro atoms. The third kappa shape index (κ3) is 0.842. The molecule has 0 fully saturated rings. The van der Waals surface area contributed by atoms with Crippen molar-refractivity contribution >= 4 is 0 Å². The molecule has 46 valence electrons. The highest BCUT2D eigenvalue weighted by molar-refractivity contribution is 5.05. The molecular formula is C6H12N2. The minimum absolute atomic E-state index is 0.551. The normalized spacial score (nSPS) is 29.9. The average Bonchev–Trinajstić information content (AvgIpc) is 1.85. The molecule has 1 unspecified atom stereocenters. The van der Waals surface area contributed by atoms with Crippen LogP contribution in [0.2, 0.25) is 0 Å². The molecule has 0 bridgehead atoms. The molecule has 0 saturated heterocycles. The van der Waals surface area contributed by atoms with Gasteiger partial charge in [0.25, 0.3) is 0 Å². The van der Waals surface area contributed by atoms with Crippen LogP contribution in [-0.2, 0) is 0 Å². The Kier molecular flexibility index (Phi) is 1.26. The van der Waals surface area contributed by atoms with Crippen molar-refractivity contribution in [3.8, 4) is 0 Å². The van der Waals surface area contributed by atoms with Gasteiger partial charge in [-0.2, -0.15) is 0 Å². The maximum Gasteiger partial charge on any atom is 0.0459 e. The molecule has 0 aromatic carbocycles. The molecular weight excluding hydrogens is 100 g/mol. The van der Waals surface area contributed by atoms with Crippen LogP contribution in [0.3, 0.4) is 0 Å². The zero-order valence-corrected chi connectivity index (χ0v) is 5.60. The molecule has 1 atom stereocenters. The number of nitrogens with zero attached hydrogens (tertiary/aromatic N) is 1. The van der Waals surface area contributed by atoms with Crippen LogP contribution in [-0.4, -0.2) is 18.1 Å². The SMILES string of the molecule is CC1=CC(C)N(C)N1. The molecule has 8 heavy (non-hydrogen) atoms. The molecule has 0 aromatic heterocycles. The molecule has 2 heteroatoms. The first-order valence-electron chi connectivity index (χ1n) is 2.88. The van der Waals surface area contributed by atoms with Crippen LogP contribution in [0.1, 0.15) is 13.8 Å². The summed E-state index contributed by atoms with van der Waals surface area (Å²) in [6.45, 7) is 4.23. The molecule has 1 aliphatic heterocycles. The number of hydrogen-bond acceptors (Lipinski definition) is 2. The molecule has 1 aliphatic rings. The Hall–Kier alpha value is -0.500. The van der Waals surface area contributed by atoms with Gasteiger partial charge in [-0.25, -0.2) is 5.01 Å². The predicted octanol–water partition coefficient (Wildman–Crippen LogP) is 0.729. The minimum atomic E-state index is 0.551. The van der Waals surface area contributed by atoms with Gasteiger partial charge in [-0.3, -0.25) is 0 Å². The number of nitrogens with one attached hydrogen (secondary N) is 1. The fourth-order valence-corrected chi connectivity index (χ4v) is 0.891. The Morgan fingerprint density at radius 2 is 2.38 bits per heavy atom. The topological polar surface area (TPSA) is 15.3 Å². The van der Waals surface area contributed by atoms with Gasteiger partial charge in [0.2, 0.25) is 0 Å². The maximum absolute atomic E-state index is 3.16. The van der Waals surface area contributed by atoms with E-state index < -0.39 is 0 Å². The number of hydrazine groups is 1. The summed E-state index contributed by atoms with van der Waals surface area (Å²) in [6.07, 6.45) is 2.19. The molecule has 2 nitrogen and oxygen atoms in total. The van der Waals surface area contributed by atoms with E-state index in [2.05, 4.69) is 30.4 Å². The number of likely N-dealkylation sites (N-methyl/N-ethyl adjacent to an activating group) is 1. The Balaban J connectivity index is 2.56. The largest absolute Gasteiger partial charge is 0.323 e. The van der Waals surface area contributed by atoms with E-state index in [1.54, 1.807) is 0 Å². The smallest absolute Gasteiger partial charge is 0.0459 e. The highest BCUT2D eigenvalue weighted by Crippen LogP contribution is 2.05. The number of allylic oxidation sites excluding steroid dienone is 1. The van der Waals surface area contributed by atoms with Crippen LogP contribution < -0.4 is 5.43 Å². The third-order valence-electron chi connectivity index (χ3n) is 1.45. The molecule has 1 rings (SSSR count). The lowest BCUT2D eigenvalue weighted by Crippen LogP contribution is -2.32. The second-order valence-corrected chi connectivity index (χ2v) is 2.31. The van der Waals surface area contributed by atoms with E-state index in [9.17, 15) is 0 Å². The molecule has 1 heterocycles. The van der Waals surface area contributed by atoms with E-state index in [0.29, 0.717) is 6.04 Å². The van der Waals surface area contributed by atoms with Gasteiger partial charge in [-0.1, -0.05) is 0 Å². The monoisotopic (exact) mass is 112 g/mol. The van der Waals surface area contributed by atoms with Gasteiger partial charge >= 0.3 is 0 Å². The lowest BCUT2D eigenvalue weighted by atomic mass is 10.3. The lowest BCUT2D eigenvalue weighted by molar-refractivity contribution is 0.260. The Morgan fingerprint density at radius 1 is 1.75 bits per heavy atom. The third-order valence-corrected chi connectivity index (χ3v) is 1.45. The first kappa shape index (κ1) is 5.63. The summed E-state index contributed by atoms with van der Waals surface area (Å²) in [4.78, 5) is 0. The van der Waals surface area contributed by atoms with Crippen molar-refractivity contribution in [1.29, 1.82) is 0 Å². The van der Waals surface area contributed by atoms with Crippen LogP contribution in [0.25, 0.3) is 0 Å². The van der Waals surface area contributed by atoms with E-state index in [-0.39, 0.29) is 0 Å². The van der Waals surface area contributed by atoms with Gasteiger partial charge < -0.3 is 5.43 Å². The maximum atomic E-state index is 3.16. The molecule has 1 N–H and O–H groups in total. The predicted molar refractivity (Wildman–Crippen MR) is 34.1 cm³/mol. The average molecular weight is 112 g/mol. The van der Waals surface area contributed by atoms with Gasteiger partial charge in [0, 0.05) is 18.8 Å². The summed E-state index contributed by atoms with van der Waals surface area (Å²) in [6, 6.07) is 0.551. The first-order chi connectivity index (χ1) is 3.70. The van der Waals surface area contributed by atoms with Crippen LogP contribution in [0, 0.1) is 0 Å². The van der Waals surface area contributed by atoms with Crippen LogP contribution in [0.4, 0.5) is 0 Å². The zero-order chi connectivity index (χ0) is 6.15. The van der Waals surface area contributed by atoms with Gasteiger partial charge in [-0.15, -0.1) is 0 Å². The van der Waals surface area contributed by atoms with Crippen LogP contribution >= 0.6 is 0 Å². The van der Waals surface area contributed by atoms with Gasteiger partial charge in [0.15, 0.2) is 0 Å². The Labute approximate surface area is 50.1 Å². The van der Waals surface area contributed by atoms with E-state index in [1.807, 2.05) is 7.05 Å². The van der Waals surface area contributed by atoms with Crippen LogP contribution in [0.5, 0.6) is 0 Å². The summed E-state index contributed by atoms with van der Waals surface area (Å²) < 4.78 is 0. The van der Waals surface area contributed by atoms with Gasteiger partial charge in [0.05, 0.1) is 0 Å². The summed E-state index contributed by atoms with van der Waals surface area (Å²) >= 11 is 0. The fraction of sp³-hybridized carbons (Fsp3) is 0.667. The molecule has 0 aliphatic carbocycles. The van der Waals surface area contributed by atoms with Crippen molar-refractivity contribution in [2.24, 2.45) is 0 Å². The van der Waals surface area contributed by atoms with Crippen molar-refractivity contribution in [1.82, 2.24) is 10.4 Å². The molecule has 0 amide bonds. The Bertz CT molecular complexity index is 118. The van der Waals surface area contributed by atoms with Crippen LogP contribution in [0.15, 0.2) is 11.8 Å². The quantitative estimate of drug-likeness (QED) is 0.497. The lowest BCUT2D eigenvalue weighted by Gasteiger charge is -2.14. The summed E-state index contributed by atoms with van der Waals surface area (Å²) in [5.41, 5.74) is 4.41. The van der Waals surface area contributed by atoms with Gasteiger partial charge in [-0.05, 0) is 19.9 Å². The second-order valence-electron chi connectivity index (χ2n) is 2.31. The van der Waals surface area contributed by atoms with Crippen molar-refractivity contribution in [3.63, 3.8) is 0 Å². The molecule has 0 radical (unpaired) electrons. The summed E-state index contributed by atoms with van der Waals surface area (Å²) in [5.74, 6) is 0. The summed E-state index contributed by atoms with van der Waals surface area (Å²) in [7, 11) is 2.04. The van der Waals surface area contributed by atoms with E-state index in [1.165, 1.54) is 5.70 Å². The number of hydrogen-bond donors (Lipinski definition) is 1. The molecule has 0 saturated carbocycles. The standard InChI is InChI=1S/C6H12N2/c1-5-4-6(2)8(3)7-5/h4,6-7H,1-3H3. The van der Waals surface area contributed by atoms with E-state index in [4.69, 9.17) is 0 Å². The van der Waals surface area contributed by atoms with Crippen molar-refractivity contribution in [2.75, 3.05) is 7.05 Å². The van der Waals surface area contributed by atoms with Crippen molar-refractivity contribution in [3.05, 3.63) is 11.8 Å². The fourth-order valence-electron chi connectivity index (χ4n) is 0.891. The van der Waals surface area contributed by atoms with E-state index in [0.717, 1.165) is 0 Å². The summed E-state index contributed by atoms with van der Waals surface area (Å²) in [5, 5.41) is 2.08. The van der Waals surface area contributed by atoms with Crippen molar-refractivity contribution < 1.29 is 0 Å². The second kappa shape index (κ2) is 1.78. The minimum Gasteiger partial charge on any atom is -0.323 e. The Morgan fingerprint density at radius 3 is 2.50 bits per heavy atom. The number of rotatable bonds is 0. The highest BCUT2D eigenvalue weighted by Gasteiger charge is 2.11. The van der Waals surface area contributed by atoms with E-state index >= 15 is 0 Å². The zero-order valence-electron chi connectivity index (χ0n) is 5.60. The van der Waals surface area contributed by atoms with Gasteiger partial charge in [0.1, 0.15) is 0 Å². The molecule has 0 aromatic rings.